The second-order valence-corrected chi connectivity index (χ2v) is 9.17. The molecule has 3 aromatic heterocycles. The van der Waals surface area contributed by atoms with Gasteiger partial charge in [0.15, 0.2) is 5.76 Å². The van der Waals surface area contributed by atoms with Crippen molar-refractivity contribution in [2.45, 2.75) is 13.1 Å². The number of carbonyl (C=O) groups is 1. The van der Waals surface area contributed by atoms with Crippen LogP contribution in [0.15, 0.2) is 47.9 Å². The molecule has 0 amide bonds. The first-order valence-corrected chi connectivity index (χ1v) is 10.1. The van der Waals surface area contributed by atoms with Crippen molar-refractivity contribution in [3.8, 4) is 0 Å². The van der Waals surface area contributed by atoms with Crippen LogP contribution in [0.1, 0.15) is 26.6 Å². The van der Waals surface area contributed by atoms with Crippen molar-refractivity contribution in [1.82, 2.24) is 0 Å². The van der Waals surface area contributed by atoms with Crippen LogP contribution in [0.3, 0.4) is 0 Å². The Hall–Kier alpha value is -1.71. The molecule has 3 aromatic rings. The highest BCUT2D eigenvalue weighted by Crippen LogP contribution is 2.30. The normalized spacial score (nSPS) is 9.60. The van der Waals surface area contributed by atoms with Gasteiger partial charge in [0.05, 0.1) is 29.8 Å². The first kappa shape index (κ1) is 19.6. The lowest BCUT2D eigenvalue weighted by Gasteiger charge is -1.89. The van der Waals surface area contributed by atoms with Gasteiger partial charge in [-0.05, 0) is 61.5 Å². The zero-order valence-corrected chi connectivity index (χ0v) is 17.5. The summed E-state index contributed by atoms with van der Waals surface area (Å²) in [6, 6.07) is 7.00. The summed E-state index contributed by atoms with van der Waals surface area (Å²) in [6.07, 6.45) is 1.47. The molecule has 0 bridgehead atoms. The summed E-state index contributed by atoms with van der Waals surface area (Å²) in [5.41, 5.74) is 1.94. The summed E-state index contributed by atoms with van der Waals surface area (Å²) in [4.78, 5) is 19.0. The van der Waals surface area contributed by atoms with E-state index in [0.717, 1.165) is 18.7 Å². The Morgan fingerprint density at radius 2 is 1.84 bits per heavy atom. The summed E-state index contributed by atoms with van der Waals surface area (Å²) in [5.74, 6) is 0.176. The number of hydrogen-bond donors (Lipinski definition) is 0. The van der Waals surface area contributed by atoms with E-state index in [9.17, 15) is 4.79 Å². The molecule has 0 saturated heterocycles. The maximum absolute atomic E-state index is 11.9. The standard InChI is InChI=1S/C11H6BrNO2S.C6H4BrNS/c1-13-6-7-5-9(16-11(7)12)10(14)8-3-2-4-15-8;1-8-4-5-2-3-9-6(5)7/h2-5H,6H2;2-3H,4H2. The van der Waals surface area contributed by atoms with Crippen LogP contribution < -0.4 is 0 Å². The molecule has 0 N–H and O–H groups in total. The number of carbonyl (C=O) groups excluding carboxylic acids is 1. The van der Waals surface area contributed by atoms with Crippen LogP contribution in [0.2, 0.25) is 0 Å². The van der Waals surface area contributed by atoms with Crippen molar-refractivity contribution >= 4 is 60.3 Å². The van der Waals surface area contributed by atoms with Gasteiger partial charge in [-0.25, -0.2) is 13.1 Å². The zero-order chi connectivity index (χ0) is 18.2. The van der Waals surface area contributed by atoms with Crippen LogP contribution in [-0.2, 0) is 13.1 Å². The van der Waals surface area contributed by atoms with Crippen molar-refractivity contribution in [2.75, 3.05) is 0 Å². The maximum atomic E-state index is 11.9. The molecule has 4 nitrogen and oxygen atoms in total. The van der Waals surface area contributed by atoms with E-state index in [1.807, 2.05) is 11.4 Å². The third-order valence-electron chi connectivity index (χ3n) is 2.92. The van der Waals surface area contributed by atoms with E-state index < -0.39 is 0 Å². The Morgan fingerprint density at radius 3 is 2.40 bits per heavy atom. The van der Waals surface area contributed by atoms with Crippen molar-refractivity contribution in [3.63, 3.8) is 0 Å². The summed E-state index contributed by atoms with van der Waals surface area (Å²) < 4.78 is 6.95. The summed E-state index contributed by atoms with van der Waals surface area (Å²) in [5, 5.41) is 1.98. The van der Waals surface area contributed by atoms with Gasteiger partial charge < -0.3 is 14.1 Å². The minimum absolute atomic E-state index is 0.146. The first-order chi connectivity index (χ1) is 12.1. The summed E-state index contributed by atoms with van der Waals surface area (Å²) in [7, 11) is 0. The van der Waals surface area contributed by atoms with E-state index in [4.69, 9.17) is 17.6 Å². The highest BCUT2D eigenvalue weighted by atomic mass is 79.9. The molecule has 0 fully saturated rings. The minimum atomic E-state index is -0.146. The third-order valence-corrected chi connectivity index (χ3v) is 6.69. The molecule has 0 spiro atoms. The number of hydrogen-bond acceptors (Lipinski definition) is 4. The van der Waals surface area contributed by atoms with Gasteiger partial charge in [-0.3, -0.25) is 4.79 Å². The molecule has 0 saturated carbocycles. The maximum Gasteiger partial charge on any atom is 0.241 e. The van der Waals surface area contributed by atoms with Crippen molar-refractivity contribution in [2.24, 2.45) is 0 Å². The second-order valence-electron chi connectivity index (χ2n) is 4.57. The van der Waals surface area contributed by atoms with Gasteiger partial charge >= 0.3 is 0 Å². The number of nitrogens with zero attached hydrogens (tertiary/aromatic N) is 2. The SMILES string of the molecule is [C-]#[N+]Cc1cc(C(=O)c2ccco2)sc1Br.[C-]#[N+]Cc1ccsc1Br. The van der Waals surface area contributed by atoms with Crippen LogP contribution in [0, 0.1) is 13.1 Å². The number of rotatable bonds is 4. The van der Waals surface area contributed by atoms with Gasteiger partial charge in [-0.1, -0.05) is 0 Å². The highest BCUT2D eigenvalue weighted by Gasteiger charge is 2.17. The molecule has 8 heteroatoms. The molecule has 0 radical (unpaired) electrons. The Labute approximate surface area is 170 Å². The number of thiophene rings is 2. The third kappa shape index (κ3) is 5.38. The topological polar surface area (TPSA) is 38.9 Å². The number of furan rings is 1. The van der Waals surface area contributed by atoms with E-state index >= 15 is 0 Å². The fourth-order valence-electron chi connectivity index (χ4n) is 1.76. The fourth-order valence-corrected chi connectivity index (χ4v) is 4.58. The first-order valence-electron chi connectivity index (χ1n) is 6.81. The molecule has 0 aromatic carbocycles. The molecule has 3 rings (SSSR count). The molecule has 3 heterocycles. The monoisotopic (exact) mass is 496 g/mol. The van der Waals surface area contributed by atoms with Crippen LogP contribution in [-0.4, -0.2) is 5.78 Å². The van der Waals surface area contributed by atoms with Crippen LogP contribution in [0.4, 0.5) is 0 Å². The summed E-state index contributed by atoms with van der Waals surface area (Å²) in [6.45, 7) is 14.2. The second kappa shape index (κ2) is 9.69. The molecule has 0 atom stereocenters. The van der Waals surface area contributed by atoms with E-state index in [1.54, 1.807) is 29.5 Å². The quantitative estimate of drug-likeness (QED) is 0.297. The highest BCUT2D eigenvalue weighted by molar-refractivity contribution is 9.11. The minimum Gasteiger partial charge on any atom is -0.461 e. The predicted octanol–water partition coefficient (Wildman–Crippen LogP) is 6.68. The lowest BCUT2D eigenvalue weighted by Crippen LogP contribution is -1.95. The van der Waals surface area contributed by atoms with Gasteiger partial charge in [0.2, 0.25) is 18.9 Å². The molecule has 0 aliphatic carbocycles. The van der Waals surface area contributed by atoms with E-state index in [1.165, 1.54) is 17.6 Å². The Balaban J connectivity index is 0.000000212. The molecule has 25 heavy (non-hydrogen) atoms. The van der Waals surface area contributed by atoms with Gasteiger partial charge in [0, 0.05) is 0 Å². The van der Waals surface area contributed by atoms with Crippen LogP contribution in [0.5, 0.6) is 0 Å². The molecular formula is C17H10Br2N2O2S2. The Morgan fingerprint density at radius 1 is 1.12 bits per heavy atom. The van der Waals surface area contributed by atoms with Crippen molar-refractivity contribution in [3.05, 3.63) is 88.1 Å². The summed E-state index contributed by atoms with van der Waals surface area (Å²) >= 11 is 9.63. The number of ketones is 1. The van der Waals surface area contributed by atoms with Gasteiger partial charge in [-0.2, -0.15) is 0 Å². The van der Waals surface area contributed by atoms with Crippen LogP contribution in [0.25, 0.3) is 9.69 Å². The molecule has 0 aliphatic heterocycles. The fraction of sp³-hybridized carbons (Fsp3) is 0.118. The molecule has 0 unspecified atom stereocenters. The van der Waals surface area contributed by atoms with E-state index in [0.29, 0.717) is 17.2 Å². The average Bonchev–Trinajstić information content (AvgIpc) is 3.32. The lowest BCUT2D eigenvalue weighted by atomic mass is 10.2. The smallest absolute Gasteiger partial charge is 0.241 e. The van der Waals surface area contributed by atoms with Crippen molar-refractivity contribution in [1.29, 1.82) is 0 Å². The zero-order valence-electron chi connectivity index (χ0n) is 12.7. The molecule has 0 aliphatic rings. The Kier molecular flexibility index (Phi) is 7.60. The molecule has 126 valence electrons. The van der Waals surface area contributed by atoms with E-state index in [-0.39, 0.29) is 12.3 Å². The molecular weight excluding hydrogens is 488 g/mol. The lowest BCUT2D eigenvalue weighted by molar-refractivity contribution is 0.101. The van der Waals surface area contributed by atoms with E-state index in [2.05, 4.69) is 41.5 Å². The van der Waals surface area contributed by atoms with Gasteiger partial charge in [0.25, 0.3) is 0 Å². The van der Waals surface area contributed by atoms with Gasteiger partial charge in [-0.15, -0.1) is 22.7 Å². The Bertz CT molecular complexity index is 931. The van der Waals surface area contributed by atoms with Gasteiger partial charge in [0.1, 0.15) is 0 Å². The average molecular weight is 498 g/mol. The van der Waals surface area contributed by atoms with Crippen LogP contribution >= 0.6 is 54.5 Å². The predicted molar refractivity (Wildman–Crippen MR) is 107 cm³/mol. The number of halogens is 2. The largest absolute Gasteiger partial charge is 0.461 e. The van der Waals surface area contributed by atoms with Crippen molar-refractivity contribution < 1.29 is 9.21 Å².